The molecule has 0 atom stereocenters. The van der Waals surface area contributed by atoms with Gasteiger partial charge in [0.05, 0.1) is 24.6 Å². The molecule has 0 saturated carbocycles. The molecule has 3 nitrogen and oxygen atoms in total. The second-order valence-corrected chi connectivity index (χ2v) is 4.84. The van der Waals surface area contributed by atoms with E-state index in [1.807, 2.05) is 18.2 Å². The van der Waals surface area contributed by atoms with Crippen LogP contribution in [0.2, 0.25) is 5.02 Å². The predicted octanol–water partition coefficient (Wildman–Crippen LogP) is 3.54. The topological polar surface area (TPSA) is 45.9 Å². The first-order chi connectivity index (χ1) is 8.24. The summed E-state index contributed by atoms with van der Waals surface area (Å²) in [5, 5.41) is 10.0. The molecular weight excluding hydrogens is 256 g/mol. The van der Waals surface area contributed by atoms with E-state index in [0.717, 1.165) is 15.4 Å². The van der Waals surface area contributed by atoms with Crippen molar-refractivity contribution in [1.29, 1.82) is 5.26 Å². The Bertz CT molecular complexity index is 574. The third-order valence-corrected chi connectivity index (χ3v) is 3.55. The summed E-state index contributed by atoms with van der Waals surface area (Å²) in [5.41, 5.74) is 0.935. The van der Waals surface area contributed by atoms with Crippen molar-refractivity contribution in [3.63, 3.8) is 0 Å². The van der Waals surface area contributed by atoms with Crippen molar-refractivity contribution in [3.05, 3.63) is 34.3 Å². The van der Waals surface area contributed by atoms with Gasteiger partial charge >= 0.3 is 0 Å². The van der Waals surface area contributed by atoms with Gasteiger partial charge in [-0.15, -0.1) is 11.3 Å². The number of nitrogens with zero attached hydrogens (tertiary/aromatic N) is 2. The first-order valence-electron chi connectivity index (χ1n) is 4.90. The lowest BCUT2D eigenvalue weighted by Gasteiger charge is -2.03. The molecule has 0 bridgehead atoms. The number of aromatic nitrogens is 1. The maximum atomic E-state index is 8.60. The van der Waals surface area contributed by atoms with E-state index in [0.29, 0.717) is 17.2 Å². The van der Waals surface area contributed by atoms with Crippen LogP contribution in [0.5, 0.6) is 5.75 Å². The van der Waals surface area contributed by atoms with Crippen LogP contribution in [0.4, 0.5) is 0 Å². The monoisotopic (exact) mass is 264 g/mol. The molecule has 1 heterocycles. The summed E-state index contributed by atoms with van der Waals surface area (Å²) in [6.45, 7) is 0. The zero-order valence-corrected chi connectivity index (χ0v) is 10.7. The van der Waals surface area contributed by atoms with Crippen molar-refractivity contribution in [2.24, 2.45) is 0 Å². The molecule has 1 aromatic carbocycles. The molecular formula is C12H9ClN2OS. The predicted molar refractivity (Wildman–Crippen MR) is 68.4 cm³/mol. The van der Waals surface area contributed by atoms with E-state index in [1.165, 1.54) is 11.3 Å². The fourth-order valence-corrected chi connectivity index (χ4v) is 2.50. The van der Waals surface area contributed by atoms with Gasteiger partial charge in [-0.2, -0.15) is 5.26 Å². The van der Waals surface area contributed by atoms with E-state index in [2.05, 4.69) is 11.1 Å². The average molecular weight is 265 g/mol. The van der Waals surface area contributed by atoms with Gasteiger partial charge in [0, 0.05) is 16.6 Å². The van der Waals surface area contributed by atoms with Crippen molar-refractivity contribution in [2.75, 3.05) is 7.11 Å². The SMILES string of the molecule is COc1ccc(-c2ncc(CC#N)s2)cc1Cl. The lowest BCUT2D eigenvalue weighted by Crippen LogP contribution is -1.84. The quantitative estimate of drug-likeness (QED) is 0.852. The summed E-state index contributed by atoms with van der Waals surface area (Å²) >= 11 is 7.55. The van der Waals surface area contributed by atoms with Gasteiger partial charge < -0.3 is 4.74 Å². The third-order valence-electron chi connectivity index (χ3n) is 2.21. The summed E-state index contributed by atoms with van der Waals surface area (Å²) in [6, 6.07) is 7.63. The number of rotatable bonds is 3. The highest BCUT2D eigenvalue weighted by Crippen LogP contribution is 2.32. The van der Waals surface area contributed by atoms with Crippen molar-refractivity contribution in [1.82, 2.24) is 4.98 Å². The van der Waals surface area contributed by atoms with E-state index in [1.54, 1.807) is 13.3 Å². The van der Waals surface area contributed by atoms with Crippen molar-refractivity contribution in [2.45, 2.75) is 6.42 Å². The van der Waals surface area contributed by atoms with Gasteiger partial charge in [-0.25, -0.2) is 4.98 Å². The molecule has 0 aliphatic carbocycles. The lowest BCUT2D eigenvalue weighted by atomic mass is 10.2. The third kappa shape index (κ3) is 2.57. The smallest absolute Gasteiger partial charge is 0.137 e. The second-order valence-electron chi connectivity index (χ2n) is 3.32. The Hall–Kier alpha value is -1.57. The Kier molecular flexibility index (Phi) is 3.62. The highest BCUT2D eigenvalue weighted by Gasteiger charge is 2.07. The Balaban J connectivity index is 2.33. The molecule has 1 aromatic heterocycles. The van der Waals surface area contributed by atoms with Crippen LogP contribution < -0.4 is 4.74 Å². The fourth-order valence-electron chi connectivity index (χ4n) is 1.40. The van der Waals surface area contributed by atoms with Gasteiger partial charge in [0.25, 0.3) is 0 Å². The van der Waals surface area contributed by atoms with Gasteiger partial charge in [0.1, 0.15) is 10.8 Å². The molecule has 17 heavy (non-hydrogen) atoms. The number of hydrogen-bond donors (Lipinski definition) is 0. The molecule has 0 fully saturated rings. The molecule has 0 saturated heterocycles. The maximum absolute atomic E-state index is 8.60. The Labute approximate surface area is 108 Å². The van der Waals surface area contributed by atoms with Crippen LogP contribution in [0.3, 0.4) is 0 Å². The molecule has 5 heteroatoms. The highest BCUT2D eigenvalue weighted by atomic mass is 35.5. The molecule has 0 spiro atoms. The van der Waals surface area contributed by atoms with Crippen molar-refractivity contribution < 1.29 is 4.74 Å². The zero-order valence-electron chi connectivity index (χ0n) is 9.11. The van der Waals surface area contributed by atoms with E-state index in [-0.39, 0.29) is 0 Å². The van der Waals surface area contributed by atoms with Crippen LogP contribution in [0, 0.1) is 11.3 Å². The molecule has 0 radical (unpaired) electrons. The highest BCUT2D eigenvalue weighted by molar-refractivity contribution is 7.15. The van der Waals surface area contributed by atoms with Crippen molar-refractivity contribution in [3.8, 4) is 22.4 Å². The number of ether oxygens (including phenoxy) is 1. The van der Waals surface area contributed by atoms with E-state index >= 15 is 0 Å². The van der Waals surface area contributed by atoms with E-state index < -0.39 is 0 Å². The molecule has 0 aliphatic heterocycles. The standard InChI is InChI=1S/C12H9ClN2OS/c1-16-11-3-2-8(6-10(11)13)12-15-7-9(17-12)4-5-14/h2-3,6-7H,4H2,1H3. The van der Waals surface area contributed by atoms with Gasteiger partial charge in [-0.1, -0.05) is 11.6 Å². The fraction of sp³-hybridized carbons (Fsp3) is 0.167. The molecule has 0 unspecified atom stereocenters. The van der Waals surface area contributed by atoms with Crippen LogP contribution in [0.15, 0.2) is 24.4 Å². The number of hydrogen-bond acceptors (Lipinski definition) is 4. The van der Waals surface area contributed by atoms with E-state index in [4.69, 9.17) is 21.6 Å². The van der Waals surface area contributed by atoms with Gasteiger partial charge in [-0.3, -0.25) is 0 Å². The summed E-state index contributed by atoms with van der Waals surface area (Å²) in [5.74, 6) is 0.643. The molecule has 0 aliphatic rings. The minimum absolute atomic E-state index is 0.390. The van der Waals surface area contributed by atoms with Crippen LogP contribution in [-0.4, -0.2) is 12.1 Å². The minimum atomic E-state index is 0.390. The lowest BCUT2D eigenvalue weighted by molar-refractivity contribution is 0.415. The van der Waals surface area contributed by atoms with Gasteiger partial charge in [0.2, 0.25) is 0 Å². The van der Waals surface area contributed by atoms with Crippen LogP contribution >= 0.6 is 22.9 Å². The molecule has 0 amide bonds. The molecule has 86 valence electrons. The number of halogens is 1. The summed E-state index contributed by atoms with van der Waals surface area (Å²) in [6.07, 6.45) is 2.11. The van der Waals surface area contributed by atoms with Crippen LogP contribution in [-0.2, 0) is 6.42 Å². The molecule has 0 N–H and O–H groups in total. The van der Waals surface area contributed by atoms with E-state index in [9.17, 15) is 0 Å². The number of methoxy groups -OCH3 is 1. The number of benzene rings is 1. The second kappa shape index (κ2) is 5.17. The maximum Gasteiger partial charge on any atom is 0.137 e. The molecule has 2 aromatic rings. The summed E-state index contributed by atoms with van der Waals surface area (Å²) in [4.78, 5) is 5.22. The van der Waals surface area contributed by atoms with Crippen LogP contribution in [0.1, 0.15) is 4.88 Å². The number of thiazole rings is 1. The Morgan fingerprint density at radius 3 is 3.00 bits per heavy atom. The first kappa shape index (κ1) is 11.9. The Morgan fingerprint density at radius 1 is 1.53 bits per heavy atom. The zero-order chi connectivity index (χ0) is 12.3. The Morgan fingerprint density at radius 2 is 2.35 bits per heavy atom. The van der Waals surface area contributed by atoms with Crippen molar-refractivity contribution >= 4 is 22.9 Å². The normalized spacial score (nSPS) is 9.94. The first-order valence-corrected chi connectivity index (χ1v) is 6.09. The van der Waals surface area contributed by atoms with Gasteiger partial charge in [0.15, 0.2) is 0 Å². The van der Waals surface area contributed by atoms with Crippen LogP contribution in [0.25, 0.3) is 10.6 Å². The van der Waals surface area contributed by atoms with Gasteiger partial charge in [-0.05, 0) is 18.2 Å². The minimum Gasteiger partial charge on any atom is -0.495 e. The summed E-state index contributed by atoms with van der Waals surface area (Å²) in [7, 11) is 1.58. The molecule has 2 rings (SSSR count). The largest absolute Gasteiger partial charge is 0.495 e. The average Bonchev–Trinajstić information content (AvgIpc) is 2.78. The summed E-state index contributed by atoms with van der Waals surface area (Å²) < 4.78 is 5.09. The number of nitriles is 1.